The summed E-state index contributed by atoms with van der Waals surface area (Å²) in [6, 6.07) is 1.81. The van der Waals surface area contributed by atoms with Crippen LogP contribution >= 0.6 is 15.9 Å². The molecule has 0 spiro atoms. The molecular weight excluding hydrogens is 310 g/mol. The Morgan fingerprint density at radius 3 is 2.42 bits per heavy atom. The minimum Gasteiger partial charge on any atom is -0.492 e. The van der Waals surface area contributed by atoms with Crippen LogP contribution in [0.3, 0.4) is 0 Å². The molecule has 0 radical (unpaired) electrons. The number of methoxy groups -OCH3 is 2. The van der Waals surface area contributed by atoms with Crippen molar-refractivity contribution in [2.24, 2.45) is 0 Å². The molecule has 2 rings (SSSR count). The first-order valence-corrected chi connectivity index (χ1v) is 7.12. The molecule has 1 saturated heterocycles. The van der Waals surface area contributed by atoms with E-state index in [-0.39, 0.29) is 0 Å². The van der Waals surface area contributed by atoms with E-state index < -0.39 is 0 Å². The van der Waals surface area contributed by atoms with E-state index in [0.29, 0.717) is 23.0 Å². The quantitative estimate of drug-likeness (QED) is 0.864. The van der Waals surface area contributed by atoms with Crippen LogP contribution in [0.4, 0.5) is 0 Å². The Morgan fingerprint density at radius 1 is 1.26 bits per heavy atom. The zero-order valence-electron chi connectivity index (χ0n) is 11.2. The van der Waals surface area contributed by atoms with Crippen LogP contribution in [0, 0.1) is 0 Å². The highest BCUT2D eigenvalue weighted by atomic mass is 79.9. The van der Waals surface area contributed by atoms with Crippen LogP contribution in [0.1, 0.15) is 34.7 Å². The Kier molecular flexibility index (Phi) is 4.82. The summed E-state index contributed by atoms with van der Waals surface area (Å²) >= 11 is 3.56. The van der Waals surface area contributed by atoms with Crippen LogP contribution in [-0.4, -0.2) is 33.6 Å². The van der Waals surface area contributed by atoms with Gasteiger partial charge in [-0.25, -0.2) is 0 Å². The summed E-state index contributed by atoms with van der Waals surface area (Å²) in [6.07, 6.45) is 2.90. The van der Waals surface area contributed by atoms with E-state index in [4.69, 9.17) is 9.47 Å². The molecule has 104 valence electrons. The SMILES string of the molecule is COc1c(C=O)cc(Br)c(C2CCNCC2)c1OC. The zero-order valence-corrected chi connectivity index (χ0v) is 12.7. The van der Waals surface area contributed by atoms with E-state index in [9.17, 15) is 4.79 Å². The fourth-order valence-corrected chi connectivity index (χ4v) is 3.38. The van der Waals surface area contributed by atoms with Crippen molar-refractivity contribution < 1.29 is 14.3 Å². The van der Waals surface area contributed by atoms with Gasteiger partial charge in [0.1, 0.15) is 0 Å². The number of benzene rings is 1. The molecule has 1 N–H and O–H groups in total. The van der Waals surface area contributed by atoms with Gasteiger partial charge in [0.25, 0.3) is 0 Å². The molecule has 1 heterocycles. The van der Waals surface area contributed by atoms with Crippen molar-refractivity contribution in [3.05, 3.63) is 21.7 Å². The van der Waals surface area contributed by atoms with Gasteiger partial charge < -0.3 is 14.8 Å². The molecule has 0 unspecified atom stereocenters. The van der Waals surface area contributed by atoms with Crippen molar-refractivity contribution in [1.82, 2.24) is 5.32 Å². The number of ether oxygens (including phenoxy) is 2. The van der Waals surface area contributed by atoms with Gasteiger partial charge in [-0.1, -0.05) is 15.9 Å². The Hall–Kier alpha value is -1.07. The molecule has 1 aromatic carbocycles. The molecule has 1 aliphatic heterocycles. The number of hydrogen-bond acceptors (Lipinski definition) is 4. The monoisotopic (exact) mass is 327 g/mol. The lowest BCUT2D eigenvalue weighted by molar-refractivity contribution is 0.111. The van der Waals surface area contributed by atoms with Crippen molar-refractivity contribution in [3.63, 3.8) is 0 Å². The maximum atomic E-state index is 11.1. The molecule has 1 aromatic rings. The van der Waals surface area contributed by atoms with Gasteiger partial charge in [0.05, 0.1) is 19.8 Å². The fourth-order valence-electron chi connectivity index (χ4n) is 2.63. The molecule has 0 aliphatic carbocycles. The Balaban J connectivity index is 2.54. The molecule has 5 heteroatoms. The van der Waals surface area contributed by atoms with Gasteiger partial charge in [0.15, 0.2) is 17.8 Å². The van der Waals surface area contributed by atoms with E-state index in [1.807, 2.05) is 6.07 Å². The molecule has 0 bridgehead atoms. The van der Waals surface area contributed by atoms with Gasteiger partial charge >= 0.3 is 0 Å². The number of halogens is 1. The number of hydrogen-bond donors (Lipinski definition) is 1. The maximum absolute atomic E-state index is 11.1. The first kappa shape index (κ1) is 14.3. The summed E-state index contributed by atoms with van der Waals surface area (Å²) in [5.74, 6) is 1.61. The van der Waals surface area contributed by atoms with Crippen LogP contribution in [0.5, 0.6) is 11.5 Å². The Bertz CT molecular complexity index is 470. The second kappa shape index (κ2) is 6.39. The minimum atomic E-state index is 0.417. The number of carbonyl (C=O) groups excluding carboxylic acids is 1. The van der Waals surface area contributed by atoms with Crippen molar-refractivity contribution in [1.29, 1.82) is 0 Å². The first-order valence-electron chi connectivity index (χ1n) is 6.33. The Morgan fingerprint density at radius 2 is 1.89 bits per heavy atom. The highest BCUT2D eigenvalue weighted by molar-refractivity contribution is 9.10. The fraction of sp³-hybridized carbons (Fsp3) is 0.500. The van der Waals surface area contributed by atoms with Crippen LogP contribution in [-0.2, 0) is 0 Å². The van der Waals surface area contributed by atoms with E-state index in [0.717, 1.165) is 42.3 Å². The largest absolute Gasteiger partial charge is 0.492 e. The number of rotatable bonds is 4. The predicted molar refractivity (Wildman–Crippen MR) is 77.5 cm³/mol. The molecular formula is C14H18BrNO3. The summed E-state index contributed by atoms with van der Waals surface area (Å²) in [7, 11) is 3.18. The average molecular weight is 328 g/mol. The Labute approximate surface area is 121 Å². The van der Waals surface area contributed by atoms with E-state index in [1.165, 1.54) is 0 Å². The molecule has 4 nitrogen and oxygen atoms in total. The highest BCUT2D eigenvalue weighted by Crippen LogP contribution is 2.45. The topological polar surface area (TPSA) is 47.6 Å². The number of aldehydes is 1. The molecule has 0 atom stereocenters. The summed E-state index contributed by atoms with van der Waals surface area (Å²) < 4.78 is 11.8. The van der Waals surface area contributed by atoms with E-state index >= 15 is 0 Å². The van der Waals surface area contributed by atoms with Crippen molar-refractivity contribution in [2.75, 3.05) is 27.3 Å². The first-order chi connectivity index (χ1) is 9.22. The van der Waals surface area contributed by atoms with Gasteiger partial charge in [-0.3, -0.25) is 4.79 Å². The van der Waals surface area contributed by atoms with Crippen molar-refractivity contribution in [2.45, 2.75) is 18.8 Å². The third-order valence-electron chi connectivity index (χ3n) is 3.54. The third-order valence-corrected chi connectivity index (χ3v) is 4.19. The van der Waals surface area contributed by atoms with Gasteiger partial charge in [-0.05, 0) is 37.9 Å². The van der Waals surface area contributed by atoms with Crippen LogP contribution in [0.25, 0.3) is 0 Å². The molecule has 0 saturated carbocycles. The molecule has 1 fully saturated rings. The van der Waals surface area contributed by atoms with Crippen molar-refractivity contribution >= 4 is 22.2 Å². The van der Waals surface area contributed by atoms with Gasteiger partial charge in [0, 0.05) is 10.0 Å². The standard InChI is InChI=1S/C14H18BrNO3/c1-18-13-10(8-17)7-11(15)12(14(13)19-2)9-3-5-16-6-4-9/h7-9,16H,3-6H2,1-2H3. The molecule has 1 aliphatic rings. The zero-order chi connectivity index (χ0) is 13.8. The molecule has 19 heavy (non-hydrogen) atoms. The molecule has 0 aromatic heterocycles. The van der Waals surface area contributed by atoms with E-state index in [1.54, 1.807) is 14.2 Å². The second-order valence-corrected chi connectivity index (χ2v) is 5.42. The highest BCUT2D eigenvalue weighted by Gasteiger charge is 2.26. The predicted octanol–water partition coefficient (Wildman–Crippen LogP) is 2.75. The molecule has 0 amide bonds. The number of piperidine rings is 1. The van der Waals surface area contributed by atoms with E-state index in [2.05, 4.69) is 21.2 Å². The second-order valence-electron chi connectivity index (χ2n) is 4.57. The summed E-state index contributed by atoms with van der Waals surface area (Å²) in [5, 5.41) is 3.35. The summed E-state index contributed by atoms with van der Waals surface area (Å²) in [5.41, 5.74) is 1.61. The smallest absolute Gasteiger partial charge is 0.171 e. The number of carbonyl (C=O) groups is 1. The van der Waals surface area contributed by atoms with Crippen LogP contribution in [0.2, 0.25) is 0 Å². The number of nitrogens with one attached hydrogen (secondary N) is 1. The van der Waals surface area contributed by atoms with Gasteiger partial charge in [-0.15, -0.1) is 0 Å². The lowest BCUT2D eigenvalue weighted by atomic mass is 9.88. The van der Waals surface area contributed by atoms with Gasteiger partial charge in [0.2, 0.25) is 0 Å². The van der Waals surface area contributed by atoms with Gasteiger partial charge in [-0.2, -0.15) is 0 Å². The lowest BCUT2D eigenvalue weighted by Gasteiger charge is -2.27. The average Bonchev–Trinajstić information content (AvgIpc) is 2.46. The third kappa shape index (κ3) is 2.77. The normalized spacial score (nSPS) is 16.2. The van der Waals surface area contributed by atoms with Crippen molar-refractivity contribution in [3.8, 4) is 11.5 Å². The summed E-state index contributed by atoms with van der Waals surface area (Å²) in [4.78, 5) is 11.1. The maximum Gasteiger partial charge on any atom is 0.171 e. The van der Waals surface area contributed by atoms with Crippen LogP contribution in [0.15, 0.2) is 10.5 Å². The minimum absolute atomic E-state index is 0.417. The van der Waals surface area contributed by atoms with Crippen LogP contribution < -0.4 is 14.8 Å². The lowest BCUT2D eigenvalue weighted by Crippen LogP contribution is -2.27. The summed E-state index contributed by atoms with van der Waals surface area (Å²) in [6.45, 7) is 2.00.